The van der Waals surface area contributed by atoms with Gasteiger partial charge < -0.3 is 9.32 Å². The molecule has 1 fully saturated rings. The van der Waals surface area contributed by atoms with Crippen LogP contribution in [-0.4, -0.2) is 34.1 Å². The molecular formula is C23H20N4O2. The molecule has 1 saturated heterocycles. The minimum absolute atomic E-state index is 0.0652. The number of Topliss-reactive ketones (excluding diaryl/α,β-unsaturated/α-hetero) is 1. The SMILES string of the molecule is O=C(c1ccccc1)C1CCCN(c2nncc(-c3cc4ccccc4o3)n2)C1. The molecule has 0 spiro atoms. The number of benzene rings is 2. The number of carbonyl (C=O) groups excluding carboxylic acids is 1. The van der Waals surface area contributed by atoms with Crippen LogP contribution >= 0.6 is 0 Å². The number of anilines is 1. The van der Waals surface area contributed by atoms with Crippen LogP contribution in [0.3, 0.4) is 0 Å². The molecule has 3 heterocycles. The van der Waals surface area contributed by atoms with Gasteiger partial charge in [0.05, 0.1) is 6.20 Å². The fourth-order valence-corrected chi connectivity index (χ4v) is 3.87. The van der Waals surface area contributed by atoms with Crippen molar-refractivity contribution in [3.63, 3.8) is 0 Å². The van der Waals surface area contributed by atoms with Crippen LogP contribution in [0.4, 0.5) is 5.95 Å². The van der Waals surface area contributed by atoms with Crippen molar-refractivity contribution < 1.29 is 9.21 Å². The second-order valence-corrected chi connectivity index (χ2v) is 7.31. The number of aromatic nitrogens is 3. The van der Waals surface area contributed by atoms with Crippen molar-refractivity contribution >= 4 is 22.7 Å². The molecule has 5 rings (SSSR count). The highest BCUT2D eigenvalue weighted by molar-refractivity contribution is 5.98. The van der Waals surface area contributed by atoms with Gasteiger partial charge in [0.15, 0.2) is 11.5 Å². The van der Waals surface area contributed by atoms with E-state index in [1.165, 1.54) is 0 Å². The first-order valence-corrected chi connectivity index (χ1v) is 9.81. The van der Waals surface area contributed by atoms with E-state index in [0.717, 1.165) is 35.9 Å². The molecule has 0 saturated carbocycles. The van der Waals surface area contributed by atoms with Crippen molar-refractivity contribution in [2.24, 2.45) is 5.92 Å². The van der Waals surface area contributed by atoms with Gasteiger partial charge in [-0.05, 0) is 25.0 Å². The first kappa shape index (κ1) is 17.6. The van der Waals surface area contributed by atoms with Gasteiger partial charge in [-0.15, -0.1) is 5.10 Å². The zero-order valence-corrected chi connectivity index (χ0v) is 15.9. The smallest absolute Gasteiger partial charge is 0.246 e. The van der Waals surface area contributed by atoms with E-state index in [9.17, 15) is 4.79 Å². The molecule has 6 nitrogen and oxygen atoms in total. The summed E-state index contributed by atoms with van der Waals surface area (Å²) in [6.07, 6.45) is 3.40. The maximum atomic E-state index is 12.9. The zero-order chi connectivity index (χ0) is 19.6. The Labute approximate surface area is 168 Å². The van der Waals surface area contributed by atoms with E-state index in [2.05, 4.69) is 15.2 Å². The summed E-state index contributed by atoms with van der Waals surface area (Å²) in [5.74, 6) is 1.31. The van der Waals surface area contributed by atoms with Crippen LogP contribution in [0.2, 0.25) is 0 Å². The van der Waals surface area contributed by atoms with E-state index >= 15 is 0 Å². The predicted octanol–water partition coefficient (Wildman–Crippen LogP) is 4.38. The number of rotatable bonds is 4. The predicted molar refractivity (Wildman–Crippen MR) is 111 cm³/mol. The first-order chi connectivity index (χ1) is 14.3. The number of ketones is 1. The zero-order valence-electron chi connectivity index (χ0n) is 15.9. The topological polar surface area (TPSA) is 72.1 Å². The van der Waals surface area contributed by atoms with E-state index in [1.54, 1.807) is 6.20 Å². The molecular weight excluding hydrogens is 364 g/mol. The normalized spacial score (nSPS) is 16.8. The van der Waals surface area contributed by atoms with Crippen molar-refractivity contribution in [1.82, 2.24) is 15.2 Å². The average Bonchev–Trinajstić information content (AvgIpc) is 3.24. The summed E-state index contributed by atoms with van der Waals surface area (Å²) in [5.41, 5.74) is 2.21. The summed E-state index contributed by atoms with van der Waals surface area (Å²) in [6.45, 7) is 1.41. The largest absolute Gasteiger partial charge is 0.454 e. The molecule has 0 N–H and O–H groups in total. The Balaban J connectivity index is 1.39. The monoisotopic (exact) mass is 384 g/mol. The van der Waals surface area contributed by atoms with Crippen LogP contribution in [-0.2, 0) is 0 Å². The highest BCUT2D eigenvalue weighted by Crippen LogP contribution is 2.28. The Kier molecular flexibility index (Phi) is 4.52. The van der Waals surface area contributed by atoms with Crippen LogP contribution in [0.25, 0.3) is 22.4 Å². The van der Waals surface area contributed by atoms with Gasteiger partial charge in [-0.3, -0.25) is 4.79 Å². The lowest BCUT2D eigenvalue weighted by atomic mass is 9.90. The van der Waals surface area contributed by atoms with Gasteiger partial charge in [-0.2, -0.15) is 5.10 Å². The quantitative estimate of drug-likeness (QED) is 0.486. The molecule has 0 radical (unpaired) electrons. The summed E-state index contributed by atoms with van der Waals surface area (Å²) >= 11 is 0. The Bertz CT molecular complexity index is 1120. The fourth-order valence-electron chi connectivity index (χ4n) is 3.87. The number of nitrogens with zero attached hydrogens (tertiary/aromatic N) is 4. The molecule has 0 aliphatic carbocycles. The second kappa shape index (κ2) is 7.47. The summed E-state index contributed by atoms with van der Waals surface area (Å²) in [4.78, 5) is 19.6. The van der Waals surface area contributed by atoms with Gasteiger partial charge in [-0.25, -0.2) is 4.98 Å². The lowest BCUT2D eigenvalue weighted by molar-refractivity contribution is 0.0907. The van der Waals surface area contributed by atoms with Crippen LogP contribution in [0, 0.1) is 5.92 Å². The number of piperidine rings is 1. The van der Waals surface area contributed by atoms with Gasteiger partial charge in [0.25, 0.3) is 0 Å². The Morgan fingerprint density at radius 3 is 2.76 bits per heavy atom. The lowest BCUT2D eigenvalue weighted by Gasteiger charge is -2.31. The van der Waals surface area contributed by atoms with E-state index < -0.39 is 0 Å². The lowest BCUT2D eigenvalue weighted by Crippen LogP contribution is -2.39. The maximum Gasteiger partial charge on any atom is 0.246 e. The number of hydrogen-bond donors (Lipinski definition) is 0. The van der Waals surface area contributed by atoms with Gasteiger partial charge >= 0.3 is 0 Å². The van der Waals surface area contributed by atoms with Crippen molar-refractivity contribution in [1.29, 1.82) is 0 Å². The minimum Gasteiger partial charge on any atom is -0.454 e. The number of hydrogen-bond acceptors (Lipinski definition) is 6. The molecule has 6 heteroatoms. The maximum absolute atomic E-state index is 12.9. The highest BCUT2D eigenvalue weighted by Gasteiger charge is 2.28. The van der Waals surface area contributed by atoms with Gasteiger partial charge in [0.1, 0.15) is 11.3 Å². The average molecular weight is 384 g/mol. The van der Waals surface area contributed by atoms with Crippen LogP contribution in [0.15, 0.2) is 71.3 Å². The van der Waals surface area contributed by atoms with Crippen molar-refractivity contribution in [3.05, 3.63) is 72.4 Å². The molecule has 0 bridgehead atoms. The molecule has 1 unspecified atom stereocenters. The third-order valence-corrected chi connectivity index (χ3v) is 5.36. The number of carbonyl (C=O) groups is 1. The Hall–Kier alpha value is -3.54. The van der Waals surface area contributed by atoms with Crippen molar-refractivity contribution in [2.75, 3.05) is 18.0 Å². The molecule has 29 heavy (non-hydrogen) atoms. The van der Waals surface area contributed by atoms with Crippen LogP contribution in [0.5, 0.6) is 0 Å². The highest BCUT2D eigenvalue weighted by atomic mass is 16.3. The molecule has 4 aromatic rings. The third kappa shape index (κ3) is 3.49. The van der Waals surface area contributed by atoms with Gasteiger partial charge in [0, 0.05) is 30.0 Å². The van der Waals surface area contributed by atoms with Crippen molar-refractivity contribution in [3.8, 4) is 11.5 Å². The summed E-state index contributed by atoms with van der Waals surface area (Å²) in [6, 6.07) is 19.3. The molecule has 1 aliphatic heterocycles. The van der Waals surface area contributed by atoms with E-state index in [-0.39, 0.29) is 11.7 Å². The Morgan fingerprint density at radius 1 is 1.07 bits per heavy atom. The van der Waals surface area contributed by atoms with E-state index in [0.29, 0.717) is 23.9 Å². The van der Waals surface area contributed by atoms with Crippen LogP contribution < -0.4 is 4.90 Å². The van der Waals surface area contributed by atoms with Gasteiger partial charge in [-0.1, -0.05) is 48.5 Å². The Morgan fingerprint density at radius 2 is 1.90 bits per heavy atom. The molecule has 0 amide bonds. The summed E-state index contributed by atoms with van der Waals surface area (Å²) in [7, 11) is 0. The standard InChI is InChI=1S/C23H20N4O2/c28-22(16-7-2-1-3-8-16)18-10-6-12-27(15-18)23-25-19(14-24-26-23)21-13-17-9-4-5-11-20(17)29-21/h1-5,7-9,11,13-14,18H,6,10,12,15H2. The number of fused-ring (bicyclic) bond motifs is 1. The van der Waals surface area contributed by atoms with E-state index in [4.69, 9.17) is 4.42 Å². The first-order valence-electron chi connectivity index (χ1n) is 9.81. The third-order valence-electron chi connectivity index (χ3n) is 5.36. The number of furan rings is 1. The number of para-hydroxylation sites is 1. The van der Waals surface area contributed by atoms with Gasteiger partial charge in [0.2, 0.25) is 5.95 Å². The summed E-state index contributed by atoms with van der Waals surface area (Å²) in [5, 5.41) is 9.38. The molecule has 2 aromatic carbocycles. The molecule has 1 aliphatic rings. The molecule has 2 aromatic heterocycles. The summed E-state index contributed by atoms with van der Waals surface area (Å²) < 4.78 is 5.91. The second-order valence-electron chi connectivity index (χ2n) is 7.31. The fraction of sp³-hybridized carbons (Fsp3) is 0.217. The molecule has 1 atom stereocenters. The van der Waals surface area contributed by atoms with Crippen LogP contribution in [0.1, 0.15) is 23.2 Å². The molecule has 144 valence electrons. The van der Waals surface area contributed by atoms with E-state index in [1.807, 2.05) is 65.6 Å². The minimum atomic E-state index is -0.0652. The van der Waals surface area contributed by atoms with Crippen molar-refractivity contribution in [2.45, 2.75) is 12.8 Å².